The van der Waals surface area contributed by atoms with Gasteiger partial charge in [0.1, 0.15) is 0 Å². The Kier molecular flexibility index (Phi) is 6.23. The molecule has 0 amide bonds. The van der Waals surface area contributed by atoms with Gasteiger partial charge in [-0.2, -0.15) is 0 Å². The summed E-state index contributed by atoms with van der Waals surface area (Å²) < 4.78 is 30.4. The lowest BCUT2D eigenvalue weighted by Gasteiger charge is -2.12. The maximum atomic E-state index is 11.6. The number of benzene rings is 1. The van der Waals surface area contributed by atoms with Gasteiger partial charge in [-0.3, -0.25) is 0 Å². The van der Waals surface area contributed by atoms with Gasteiger partial charge in [-0.1, -0.05) is 12.1 Å². The van der Waals surface area contributed by atoms with E-state index in [1.54, 1.807) is 24.3 Å². The quantitative estimate of drug-likeness (QED) is 0.470. The molecule has 1 atom stereocenters. The SMILES string of the molecule is COCCCS(=O)(=O)NCC(O)c1ccc(N)cc1. The zero-order valence-corrected chi connectivity index (χ0v) is 11.7. The Morgan fingerprint density at radius 2 is 2.00 bits per heavy atom. The van der Waals surface area contributed by atoms with E-state index >= 15 is 0 Å². The highest BCUT2D eigenvalue weighted by Crippen LogP contribution is 2.14. The number of rotatable bonds is 8. The highest BCUT2D eigenvalue weighted by Gasteiger charge is 2.13. The van der Waals surface area contributed by atoms with Crippen molar-refractivity contribution in [2.45, 2.75) is 12.5 Å². The molecule has 0 fully saturated rings. The second-order valence-electron chi connectivity index (χ2n) is 4.20. The predicted molar refractivity (Wildman–Crippen MR) is 74.1 cm³/mol. The number of sulfonamides is 1. The van der Waals surface area contributed by atoms with Crippen LogP contribution in [0, 0.1) is 0 Å². The van der Waals surface area contributed by atoms with E-state index in [1.165, 1.54) is 7.11 Å². The zero-order chi connectivity index (χ0) is 14.3. The van der Waals surface area contributed by atoms with Gasteiger partial charge in [0.2, 0.25) is 10.0 Å². The third-order valence-electron chi connectivity index (χ3n) is 2.58. The molecular weight excluding hydrogens is 268 g/mol. The second-order valence-corrected chi connectivity index (χ2v) is 6.12. The number of anilines is 1. The first-order valence-corrected chi connectivity index (χ1v) is 7.59. The van der Waals surface area contributed by atoms with Gasteiger partial charge in [-0.15, -0.1) is 0 Å². The van der Waals surface area contributed by atoms with Gasteiger partial charge < -0.3 is 15.6 Å². The highest BCUT2D eigenvalue weighted by atomic mass is 32.2. The van der Waals surface area contributed by atoms with Crippen LogP contribution < -0.4 is 10.5 Å². The van der Waals surface area contributed by atoms with E-state index < -0.39 is 16.1 Å². The van der Waals surface area contributed by atoms with Crippen molar-refractivity contribution >= 4 is 15.7 Å². The van der Waals surface area contributed by atoms with E-state index in [0.717, 1.165) is 0 Å². The summed E-state index contributed by atoms with van der Waals surface area (Å²) in [5.41, 5.74) is 6.75. The van der Waals surface area contributed by atoms with Crippen molar-refractivity contribution in [1.82, 2.24) is 4.72 Å². The Labute approximate surface area is 113 Å². The largest absolute Gasteiger partial charge is 0.399 e. The molecule has 0 saturated carbocycles. The van der Waals surface area contributed by atoms with Crippen LogP contribution in [0.1, 0.15) is 18.1 Å². The van der Waals surface area contributed by atoms with Gasteiger partial charge >= 0.3 is 0 Å². The van der Waals surface area contributed by atoms with Crippen molar-refractivity contribution in [3.63, 3.8) is 0 Å². The molecular formula is C12H20N2O4S. The molecule has 6 nitrogen and oxygen atoms in total. The second kappa shape index (κ2) is 7.44. The fourth-order valence-corrected chi connectivity index (χ4v) is 2.56. The fraction of sp³-hybridized carbons (Fsp3) is 0.500. The van der Waals surface area contributed by atoms with Crippen LogP contribution in [0.4, 0.5) is 5.69 Å². The van der Waals surface area contributed by atoms with Gasteiger partial charge in [0.05, 0.1) is 11.9 Å². The lowest BCUT2D eigenvalue weighted by Crippen LogP contribution is -2.30. The minimum Gasteiger partial charge on any atom is -0.399 e. The smallest absolute Gasteiger partial charge is 0.211 e. The molecule has 19 heavy (non-hydrogen) atoms. The summed E-state index contributed by atoms with van der Waals surface area (Å²) in [5.74, 6) is -0.0186. The van der Waals surface area contributed by atoms with Crippen LogP contribution in [0.25, 0.3) is 0 Å². The van der Waals surface area contributed by atoms with Crippen LogP contribution in [0.2, 0.25) is 0 Å². The van der Waals surface area contributed by atoms with Crippen molar-refractivity contribution in [2.24, 2.45) is 0 Å². The highest BCUT2D eigenvalue weighted by molar-refractivity contribution is 7.89. The molecule has 0 radical (unpaired) electrons. The number of nitrogen functional groups attached to an aromatic ring is 1. The Hall–Kier alpha value is -1.15. The van der Waals surface area contributed by atoms with Crippen molar-refractivity contribution in [2.75, 3.05) is 31.7 Å². The first-order chi connectivity index (χ1) is 8.94. The van der Waals surface area contributed by atoms with Crippen LogP contribution in [-0.2, 0) is 14.8 Å². The van der Waals surface area contributed by atoms with Crippen molar-refractivity contribution < 1.29 is 18.3 Å². The topological polar surface area (TPSA) is 102 Å². The average molecular weight is 288 g/mol. The lowest BCUT2D eigenvalue weighted by molar-refractivity contribution is 0.181. The molecule has 0 aliphatic heterocycles. The molecule has 7 heteroatoms. The maximum Gasteiger partial charge on any atom is 0.211 e. The Balaban J connectivity index is 2.45. The molecule has 0 aliphatic rings. The molecule has 4 N–H and O–H groups in total. The van der Waals surface area contributed by atoms with Gasteiger partial charge in [-0.25, -0.2) is 13.1 Å². The normalized spacial score (nSPS) is 13.4. The molecule has 0 spiro atoms. The predicted octanol–water partition coefficient (Wildman–Crippen LogP) is 0.258. The Bertz CT molecular complexity index is 473. The summed E-state index contributed by atoms with van der Waals surface area (Å²) in [4.78, 5) is 0. The van der Waals surface area contributed by atoms with E-state index in [-0.39, 0.29) is 12.3 Å². The molecule has 0 heterocycles. The molecule has 0 aliphatic carbocycles. The number of nitrogens with two attached hydrogens (primary N) is 1. The summed E-state index contributed by atoms with van der Waals surface area (Å²) in [6.45, 7) is 0.334. The minimum absolute atomic E-state index is 0.0186. The standard InChI is InChI=1S/C12H20N2O4S/c1-18-7-2-8-19(16,17)14-9-12(15)10-3-5-11(13)6-4-10/h3-6,12,14-15H,2,7-9,13H2,1H3. The molecule has 0 saturated heterocycles. The zero-order valence-electron chi connectivity index (χ0n) is 10.9. The molecule has 1 unspecified atom stereocenters. The summed E-state index contributed by atoms with van der Waals surface area (Å²) in [5, 5.41) is 9.85. The van der Waals surface area contributed by atoms with E-state index in [9.17, 15) is 13.5 Å². The monoisotopic (exact) mass is 288 g/mol. The van der Waals surface area contributed by atoms with Crippen molar-refractivity contribution in [3.8, 4) is 0 Å². The average Bonchev–Trinajstić information content (AvgIpc) is 2.37. The molecule has 1 aromatic carbocycles. The van der Waals surface area contributed by atoms with Gasteiger partial charge in [0, 0.05) is 25.9 Å². The van der Waals surface area contributed by atoms with Gasteiger partial charge in [-0.05, 0) is 24.1 Å². The van der Waals surface area contributed by atoms with Crippen LogP contribution in [0.3, 0.4) is 0 Å². The maximum absolute atomic E-state index is 11.6. The number of methoxy groups -OCH3 is 1. The van der Waals surface area contributed by atoms with E-state index in [4.69, 9.17) is 10.5 Å². The number of hydrogen-bond acceptors (Lipinski definition) is 5. The summed E-state index contributed by atoms with van der Waals surface area (Å²) in [6.07, 6.45) is -0.470. The van der Waals surface area contributed by atoms with E-state index in [1.807, 2.05) is 0 Å². The van der Waals surface area contributed by atoms with Crippen LogP contribution in [0.5, 0.6) is 0 Å². The Morgan fingerprint density at radius 1 is 1.37 bits per heavy atom. The number of aliphatic hydroxyl groups excluding tert-OH is 1. The molecule has 108 valence electrons. The number of aliphatic hydroxyl groups is 1. The van der Waals surface area contributed by atoms with Crippen LogP contribution in [0.15, 0.2) is 24.3 Å². The van der Waals surface area contributed by atoms with Crippen molar-refractivity contribution in [1.29, 1.82) is 0 Å². The van der Waals surface area contributed by atoms with E-state index in [2.05, 4.69) is 4.72 Å². The third kappa shape index (κ3) is 6.02. The van der Waals surface area contributed by atoms with E-state index in [0.29, 0.717) is 24.3 Å². The summed E-state index contributed by atoms with van der Waals surface area (Å²) >= 11 is 0. The number of hydrogen-bond donors (Lipinski definition) is 3. The molecule has 1 rings (SSSR count). The van der Waals surface area contributed by atoms with Crippen molar-refractivity contribution in [3.05, 3.63) is 29.8 Å². The van der Waals surface area contributed by atoms with Gasteiger partial charge in [0.15, 0.2) is 0 Å². The molecule has 0 bridgehead atoms. The first-order valence-electron chi connectivity index (χ1n) is 5.94. The van der Waals surface area contributed by atoms with Crippen LogP contribution in [-0.4, -0.2) is 39.5 Å². The lowest BCUT2D eigenvalue weighted by atomic mass is 10.1. The summed E-state index contributed by atoms with van der Waals surface area (Å²) in [7, 11) is -1.86. The van der Waals surface area contributed by atoms with Gasteiger partial charge in [0.25, 0.3) is 0 Å². The minimum atomic E-state index is -3.38. The molecule has 0 aromatic heterocycles. The number of nitrogens with one attached hydrogen (secondary N) is 1. The fourth-order valence-electron chi connectivity index (χ4n) is 1.51. The first kappa shape index (κ1) is 15.9. The molecule has 1 aromatic rings. The van der Waals surface area contributed by atoms with Crippen LogP contribution >= 0.6 is 0 Å². The number of ether oxygens (including phenoxy) is 1. The Morgan fingerprint density at radius 3 is 2.58 bits per heavy atom. The summed E-state index contributed by atoms with van der Waals surface area (Å²) in [6, 6.07) is 6.65. The third-order valence-corrected chi connectivity index (χ3v) is 4.01.